The molecule has 4 rings (SSSR count). The van der Waals surface area contributed by atoms with Crippen LogP contribution >= 0.6 is 11.3 Å². The molecule has 21 heavy (non-hydrogen) atoms. The van der Waals surface area contributed by atoms with Crippen molar-refractivity contribution in [1.29, 1.82) is 0 Å². The first-order valence-electron chi connectivity index (χ1n) is 6.67. The molecule has 102 valence electrons. The smallest absolute Gasteiger partial charge is 0.228 e. The molecule has 1 N–H and O–H groups in total. The van der Waals surface area contributed by atoms with Gasteiger partial charge in [-0.05, 0) is 41.3 Å². The molecule has 1 aliphatic rings. The topological polar surface area (TPSA) is 46.2 Å². The number of nitrogens with one attached hydrogen (secondary N) is 1. The third kappa shape index (κ3) is 2.04. The molecule has 0 aliphatic carbocycles. The fourth-order valence-corrected chi connectivity index (χ4v) is 3.63. The standard InChI is InChI=1S/C17H11NO2S/c19-16-9-12-7-11(5-6-13(12)18-16)17(20)15-8-10-3-1-2-4-14(10)21-15/h1-8H,9H2,(H,18,19). The van der Waals surface area contributed by atoms with Gasteiger partial charge in [-0.15, -0.1) is 11.3 Å². The normalized spacial score (nSPS) is 13.2. The van der Waals surface area contributed by atoms with Crippen molar-refractivity contribution in [3.8, 4) is 0 Å². The molecule has 0 unspecified atom stereocenters. The van der Waals surface area contributed by atoms with Gasteiger partial charge in [-0.2, -0.15) is 0 Å². The van der Waals surface area contributed by atoms with Crippen LogP contribution < -0.4 is 5.32 Å². The first-order chi connectivity index (χ1) is 10.2. The van der Waals surface area contributed by atoms with E-state index in [-0.39, 0.29) is 11.7 Å². The van der Waals surface area contributed by atoms with E-state index in [1.54, 1.807) is 12.1 Å². The molecule has 1 amide bonds. The summed E-state index contributed by atoms with van der Waals surface area (Å²) in [4.78, 5) is 24.7. The SMILES string of the molecule is O=C1Cc2cc(C(=O)c3cc4ccccc4s3)ccc2N1. The zero-order chi connectivity index (χ0) is 14.4. The number of carbonyl (C=O) groups excluding carboxylic acids is 2. The Morgan fingerprint density at radius 2 is 1.95 bits per heavy atom. The largest absolute Gasteiger partial charge is 0.326 e. The van der Waals surface area contributed by atoms with E-state index in [4.69, 9.17) is 0 Å². The molecular weight excluding hydrogens is 282 g/mol. The van der Waals surface area contributed by atoms with Gasteiger partial charge in [0, 0.05) is 16.0 Å². The second-order valence-corrected chi connectivity index (χ2v) is 6.16. The van der Waals surface area contributed by atoms with E-state index >= 15 is 0 Å². The van der Waals surface area contributed by atoms with Gasteiger partial charge in [-0.25, -0.2) is 0 Å². The molecule has 0 atom stereocenters. The van der Waals surface area contributed by atoms with Crippen molar-refractivity contribution in [2.24, 2.45) is 0 Å². The molecular formula is C17H11NO2S. The lowest BCUT2D eigenvalue weighted by Crippen LogP contribution is -2.03. The zero-order valence-corrected chi connectivity index (χ0v) is 11.9. The number of thiophene rings is 1. The monoisotopic (exact) mass is 293 g/mol. The number of anilines is 1. The van der Waals surface area contributed by atoms with Crippen LogP contribution in [0.25, 0.3) is 10.1 Å². The van der Waals surface area contributed by atoms with Gasteiger partial charge in [0.05, 0.1) is 11.3 Å². The van der Waals surface area contributed by atoms with Crippen molar-refractivity contribution in [3.63, 3.8) is 0 Å². The molecule has 0 saturated heterocycles. The predicted octanol–water partition coefficient (Wildman–Crippen LogP) is 3.63. The average molecular weight is 293 g/mol. The second-order valence-electron chi connectivity index (χ2n) is 5.07. The van der Waals surface area contributed by atoms with Crippen molar-refractivity contribution in [2.75, 3.05) is 5.32 Å². The summed E-state index contributed by atoms with van der Waals surface area (Å²) in [5, 5.41) is 3.86. The van der Waals surface area contributed by atoms with Crippen molar-refractivity contribution in [3.05, 3.63) is 64.5 Å². The van der Waals surface area contributed by atoms with E-state index in [1.807, 2.05) is 36.4 Å². The van der Waals surface area contributed by atoms with Crippen LogP contribution in [0.5, 0.6) is 0 Å². The Balaban J connectivity index is 1.74. The summed E-state index contributed by atoms with van der Waals surface area (Å²) in [6.45, 7) is 0. The van der Waals surface area contributed by atoms with Gasteiger partial charge in [0.15, 0.2) is 0 Å². The first kappa shape index (κ1) is 12.3. The average Bonchev–Trinajstić information content (AvgIpc) is 3.07. The van der Waals surface area contributed by atoms with E-state index in [9.17, 15) is 9.59 Å². The van der Waals surface area contributed by atoms with Crippen LogP contribution in [0.3, 0.4) is 0 Å². The molecule has 0 spiro atoms. The summed E-state index contributed by atoms with van der Waals surface area (Å²) in [7, 11) is 0. The van der Waals surface area contributed by atoms with E-state index in [1.165, 1.54) is 11.3 Å². The van der Waals surface area contributed by atoms with Crippen molar-refractivity contribution in [2.45, 2.75) is 6.42 Å². The molecule has 3 nitrogen and oxygen atoms in total. The maximum atomic E-state index is 12.6. The Hall–Kier alpha value is -2.46. The number of ketones is 1. The molecule has 1 aromatic heterocycles. The van der Waals surface area contributed by atoms with E-state index < -0.39 is 0 Å². The van der Waals surface area contributed by atoms with Gasteiger partial charge in [0.2, 0.25) is 11.7 Å². The number of hydrogen-bond donors (Lipinski definition) is 1. The van der Waals surface area contributed by atoms with Gasteiger partial charge < -0.3 is 5.32 Å². The third-order valence-corrected chi connectivity index (χ3v) is 4.76. The zero-order valence-electron chi connectivity index (χ0n) is 11.1. The maximum Gasteiger partial charge on any atom is 0.228 e. The van der Waals surface area contributed by atoms with Crippen molar-refractivity contribution < 1.29 is 9.59 Å². The van der Waals surface area contributed by atoms with Crippen LogP contribution in [-0.4, -0.2) is 11.7 Å². The minimum Gasteiger partial charge on any atom is -0.326 e. The van der Waals surface area contributed by atoms with Gasteiger partial charge in [0.25, 0.3) is 0 Å². The van der Waals surface area contributed by atoms with Crippen LogP contribution in [0.1, 0.15) is 20.8 Å². The van der Waals surface area contributed by atoms with E-state index in [2.05, 4.69) is 5.32 Å². The van der Waals surface area contributed by atoms with Gasteiger partial charge in [-0.1, -0.05) is 18.2 Å². The fraction of sp³-hybridized carbons (Fsp3) is 0.0588. The summed E-state index contributed by atoms with van der Waals surface area (Å²) < 4.78 is 1.11. The van der Waals surface area contributed by atoms with Crippen LogP contribution in [0, 0.1) is 0 Å². The summed E-state index contributed by atoms with van der Waals surface area (Å²) in [6.07, 6.45) is 0.350. The Morgan fingerprint density at radius 3 is 2.81 bits per heavy atom. The Labute approximate surface area is 125 Å². The van der Waals surface area contributed by atoms with Gasteiger partial charge in [0.1, 0.15) is 0 Å². The Kier molecular flexibility index (Phi) is 2.65. The lowest BCUT2D eigenvalue weighted by molar-refractivity contribution is -0.115. The Morgan fingerprint density at radius 1 is 1.10 bits per heavy atom. The number of benzene rings is 2. The molecule has 3 aromatic rings. The minimum atomic E-state index is -0.0172. The molecule has 0 saturated carbocycles. The summed E-state index contributed by atoms with van der Waals surface area (Å²) in [5.74, 6) is -0.00481. The Bertz CT molecular complexity index is 862. The highest BCUT2D eigenvalue weighted by atomic mass is 32.1. The van der Waals surface area contributed by atoms with Gasteiger partial charge >= 0.3 is 0 Å². The van der Waals surface area contributed by atoms with Gasteiger partial charge in [-0.3, -0.25) is 9.59 Å². The fourth-order valence-electron chi connectivity index (χ4n) is 2.61. The molecule has 4 heteroatoms. The van der Waals surface area contributed by atoms with Crippen LogP contribution in [0.4, 0.5) is 5.69 Å². The number of rotatable bonds is 2. The van der Waals surface area contributed by atoms with Crippen molar-refractivity contribution >= 4 is 38.8 Å². The second kappa shape index (κ2) is 4.53. The first-order valence-corrected chi connectivity index (χ1v) is 7.48. The minimum absolute atomic E-state index is 0.0124. The predicted molar refractivity (Wildman–Crippen MR) is 84.0 cm³/mol. The lowest BCUT2D eigenvalue weighted by Gasteiger charge is -2.02. The summed E-state index contributed by atoms with van der Waals surface area (Å²) in [6, 6.07) is 15.3. The quantitative estimate of drug-likeness (QED) is 0.733. The highest BCUT2D eigenvalue weighted by Crippen LogP contribution is 2.29. The molecule has 0 bridgehead atoms. The maximum absolute atomic E-state index is 12.6. The van der Waals surface area contributed by atoms with Crippen LogP contribution in [0.2, 0.25) is 0 Å². The van der Waals surface area contributed by atoms with Crippen molar-refractivity contribution in [1.82, 2.24) is 0 Å². The number of amides is 1. The molecule has 0 fully saturated rings. The molecule has 2 heterocycles. The highest BCUT2D eigenvalue weighted by molar-refractivity contribution is 7.21. The van der Waals surface area contributed by atoms with E-state index in [0.717, 1.165) is 26.2 Å². The molecule has 0 radical (unpaired) electrons. The molecule has 1 aliphatic heterocycles. The number of carbonyl (C=O) groups is 2. The number of fused-ring (bicyclic) bond motifs is 2. The van der Waals surface area contributed by atoms with E-state index in [0.29, 0.717) is 12.0 Å². The number of hydrogen-bond acceptors (Lipinski definition) is 3. The third-order valence-electron chi connectivity index (χ3n) is 3.64. The van der Waals surface area contributed by atoms with Crippen LogP contribution in [-0.2, 0) is 11.2 Å². The lowest BCUT2D eigenvalue weighted by atomic mass is 10.0. The summed E-state index contributed by atoms with van der Waals surface area (Å²) in [5.41, 5.74) is 2.34. The molecule has 2 aromatic carbocycles. The summed E-state index contributed by atoms with van der Waals surface area (Å²) >= 11 is 1.50. The van der Waals surface area contributed by atoms with Crippen LogP contribution in [0.15, 0.2) is 48.5 Å². The highest BCUT2D eigenvalue weighted by Gasteiger charge is 2.20.